The van der Waals surface area contributed by atoms with Crippen LogP contribution in [0, 0.1) is 6.92 Å². The maximum atomic E-state index is 12.5. The van der Waals surface area contributed by atoms with Crippen molar-refractivity contribution in [3.05, 3.63) is 47.5 Å². The normalized spacial score (nSPS) is 10.4. The fourth-order valence-electron chi connectivity index (χ4n) is 2.46. The van der Waals surface area contributed by atoms with E-state index in [2.05, 4.69) is 15.4 Å². The minimum absolute atomic E-state index is 0.0413. The Morgan fingerprint density at radius 2 is 1.74 bits per heavy atom. The van der Waals surface area contributed by atoms with Crippen LogP contribution in [0.1, 0.15) is 11.1 Å². The van der Waals surface area contributed by atoms with Crippen LogP contribution in [0.2, 0.25) is 0 Å². The lowest BCUT2D eigenvalue weighted by molar-refractivity contribution is -0.0493. The molecule has 0 bridgehead atoms. The van der Waals surface area contributed by atoms with Crippen LogP contribution in [0.15, 0.2) is 36.4 Å². The molecule has 27 heavy (non-hydrogen) atoms. The number of rotatable bonds is 8. The number of hydrogen-bond acceptors (Lipinski definition) is 4. The maximum Gasteiger partial charge on any atom is 0.387 e. The summed E-state index contributed by atoms with van der Waals surface area (Å²) in [6, 6.07) is 10.5. The van der Waals surface area contributed by atoms with Crippen LogP contribution in [0.3, 0.4) is 0 Å². The first-order valence-corrected chi connectivity index (χ1v) is 8.65. The zero-order chi connectivity index (χ0) is 19.8. The molecule has 0 radical (unpaired) electrons. The highest BCUT2D eigenvalue weighted by Gasteiger charge is 2.11. The van der Waals surface area contributed by atoms with E-state index in [1.165, 1.54) is 6.07 Å². The Balaban J connectivity index is 1.92. The van der Waals surface area contributed by atoms with Crippen LogP contribution >= 0.6 is 12.2 Å². The molecule has 5 nitrogen and oxygen atoms in total. The fourth-order valence-corrected chi connectivity index (χ4v) is 2.68. The average Bonchev–Trinajstić information content (AvgIpc) is 2.63. The minimum atomic E-state index is -2.90. The molecule has 2 rings (SSSR count). The summed E-state index contributed by atoms with van der Waals surface area (Å²) in [7, 11) is 3.17. The molecule has 0 fully saturated rings. The summed E-state index contributed by atoms with van der Waals surface area (Å²) in [4.78, 5) is 0. The van der Waals surface area contributed by atoms with Crippen LogP contribution in [-0.4, -0.2) is 32.5 Å². The summed E-state index contributed by atoms with van der Waals surface area (Å²) in [5.41, 5.74) is 2.33. The standard InChI is InChI=1S/C19H22F2N2O3S/c1-12-4-6-15(26-18(20)21)14(10-12)23-19(27)22-9-8-13-5-7-16(24-2)17(11-13)25-3/h4-7,10-11,18H,8-9H2,1-3H3,(H2,22,23,27). The van der Waals surface area contributed by atoms with Gasteiger partial charge in [-0.2, -0.15) is 8.78 Å². The number of halogens is 2. The van der Waals surface area contributed by atoms with Gasteiger partial charge in [0.05, 0.1) is 19.9 Å². The molecule has 0 heterocycles. The van der Waals surface area contributed by atoms with Crippen molar-refractivity contribution in [1.29, 1.82) is 0 Å². The number of ether oxygens (including phenoxy) is 3. The molecule has 0 aliphatic carbocycles. The van der Waals surface area contributed by atoms with E-state index in [1.807, 2.05) is 25.1 Å². The topological polar surface area (TPSA) is 51.8 Å². The molecule has 0 atom stereocenters. The van der Waals surface area contributed by atoms with Crippen molar-refractivity contribution in [3.8, 4) is 17.2 Å². The molecule has 146 valence electrons. The molecule has 2 aromatic rings. The lowest BCUT2D eigenvalue weighted by Gasteiger charge is -2.15. The van der Waals surface area contributed by atoms with Gasteiger partial charge in [-0.25, -0.2) is 0 Å². The van der Waals surface area contributed by atoms with E-state index in [4.69, 9.17) is 21.7 Å². The van der Waals surface area contributed by atoms with Crippen molar-refractivity contribution < 1.29 is 23.0 Å². The van der Waals surface area contributed by atoms with E-state index in [-0.39, 0.29) is 5.75 Å². The predicted molar refractivity (Wildman–Crippen MR) is 105 cm³/mol. The van der Waals surface area contributed by atoms with Crippen molar-refractivity contribution >= 4 is 23.0 Å². The first-order valence-electron chi connectivity index (χ1n) is 8.24. The quantitative estimate of drug-likeness (QED) is 0.654. The number of benzene rings is 2. The highest BCUT2D eigenvalue weighted by molar-refractivity contribution is 7.80. The van der Waals surface area contributed by atoms with Gasteiger partial charge >= 0.3 is 6.61 Å². The van der Waals surface area contributed by atoms with E-state index >= 15 is 0 Å². The third kappa shape index (κ3) is 6.25. The number of hydrogen-bond donors (Lipinski definition) is 2. The molecule has 0 aromatic heterocycles. The van der Waals surface area contributed by atoms with Gasteiger partial charge < -0.3 is 24.8 Å². The van der Waals surface area contributed by atoms with Gasteiger partial charge in [0, 0.05) is 6.54 Å². The number of alkyl halides is 2. The van der Waals surface area contributed by atoms with Crippen LogP contribution in [0.4, 0.5) is 14.5 Å². The van der Waals surface area contributed by atoms with Crippen molar-refractivity contribution in [2.75, 3.05) is 26.1 Å². The number of nitrogens with one attached hydrogen (secondary N) is 2. The van der Waals surface area contributed by atoms with Crippen molar-refractivity contribution in [3.63, 3.8) is 0 Å². The van der Waals surface area contributed by atoms with Gasteiger partial charge in [0.15, 0.2) is 16.6 Å². The highest BCUT2D eigenvalue weighted by Crippen LogP contribution is 2.28. The summed E-state index contributed by atoms with van der Waals surface area (Å²) in [5, 5.41) is 6.27. The third-order valence-electron chi connectivity index (χ3n) is 3.75. The molecular weight excluding hydrogens is 374 g/mol. The van der Waals surface area contributed by atoms with Gasteiger partial charge in [-0.15, -0.1) is 0 Å². The van der Waals surface area contributed by atoms with Crippen LogP contribution < -0.4 is 24.8 Å². The smallest absolute Gasteiger partial charge is 0.387 e. The largest absolute Gasteiger partial charge is 0.493 e. The Morgan fingerprint density at radius 3 is 2.41 bits per heavy atom. The molecule has 0 saturated carbocycles. The Kier molecular flexibility index (Phi) is 7.60. The van der Waals surface area contributed by atoms with Gasteiger partial charge in [-0.1, -0.05) is 12.1 Å². The Labute approximate surface area is 162 Å². The van der Waals surface area contributed by atoms with Crippen LogP contribution in [0.25, 0.3) is 0 Å². The molecule has 0 saturated heterocycles. The molecule has 0 unspecified atom stereocenters. The number of thiocarbonyl (C=S) groups is 1. The van der Waals surface area contributed by atoms with E-state index < -0.39 is 6.61 Å². The monoisotopic (exact) mass is 396 g/mol. The zero-order valence-corrected chi connectivity index (χ0v) is 16.2. The summed E-state index contributed by atoms with van der Waals surface area (Å²) in [5.74, 6) is 1.36. The van der Waals surface area contributed by atoms with Crippen molar-refractivity contribution in [2.24, 2.45) is 0 Å². The fraction of sp³-hybridized carbons (Fsp3) is 0.316. The van der Waals surface area contributed by atoms with Crippen molar-refractivity contribution in [1.82, 2.24) is 5.32 Å². The van der Waals surface area contributed by atoms with Gasteiger partial charge in [-0.3, -0.25) is 0 Å². The summed E-state index contributed by atoms with van der Waals surface area (Å²) in [6.45, 7) is -0.497. The summed E-state index contributed by atoms with van der Waals surface area (Å²) < 4.78 is 40.1. The minimum Gasteiger partial charge on any atom is -0.493 e. The Hall–Kier alpha value is -2.61. The van der Waals surface area contributed by atoms with Gasteiger partial charge in [-0.05, 0) is 61.0 Å². The third-order valence-corrected chi connectivity index (χ3v) is 3.99. The maximum absolute atomic E-state index is 12.5. The summed E-state index contributed by atoms with van der Waals surface area (Å²) >= 11 is 5.25. The van der Waals surface area contributed by atoms with Crippen molar-refractivity contribution in [2.45, 2.75) is 20.0 Å². The highest BCUT2D eigenvalue weighted by atomic mass is 32.1. The van der Waals surface area contributed by atoms with E-state index in [0.29, 0.717) is 35.3 Å². The van der Waals surface area contributed by atoms with E-state index in [1.54, 1.807) is 26.4 Å². The SMILES string of the molecule is COc1ccc(CCNC(=S)Nc2cc(C)ccc2OC(F)F)cc1OC. The number of methoxy groups -OCH3 is 2. The van der Waals surface area contributed by atoms with E-state index in [0.717, 1.165) is 11.1 Å². The molecule has 0 aliphatic heterocycles. The average molecular weight is 396 g/mol. The molecular formula is C19H22F2N2O3S. The van der Waals surface area contributed by atoms with Gasteiger partial charge in [0.25, 0.3) is 0 Å². The lowest BCUT2D eigenvalue weighted by atomic mass is 10.1. The number of aryl methyl sites for hydroxylation is 1. The van der Waals surface area contributed by atoms with Gasteiger partial charge in [0.1, 0.15) is 5.75 Å². The molecule has 2 N–H and O–H groups in total. The van der Waals surface area contributed by atoms with Crippen LogP contribution in [0.5, 0.6) is 17.2 Å². The first-order chi connectivity index (χ1) is 12.9. The number of anilines is 1. The Morgan fingerprint density at radius 1 is 1.04 bits per heavy atom. The first kappa shape index (κ1) is 20.7. The second kappa shape index (κ2) is 9.91. The second-order valence-corrected chi connectivity index (χ2v) is 6.11. The predicted octanol–water partition coefficient (Wildman–Crippen LogP) is 4.14. The molecule has 0 aliphatic rings. The van der Waals surface area contributed by atoms with Gasteiger partial charge in [0.2, 0.25) is 0 Å². The van der Waals surface area contributed by atoms with Crippen LogP contribution in [-0.2, 0) is 6.42 Å². The lowest BCUT2D eigenvalue weighted by Crippen LogP contribution is -2.30. The second-order valence-electron chi connectivity index (χ2n) is 5.70. The molecule has 0 amide bonds. The molecule has 2 aromatic carbocycles. The van der Waals surface area contributed by atoms with E-state index in [9.17, 15) is 8.78 Å². The summed E-state index contributed by atoms with van der Waals surface area (Å²) in [6.07, 6.45) is 0.691. The Bertz CT molecular complexity index is 788. The molecule has 0 spiro atoms. The molecule has 8 heteroatoms. The zero-order valence-electron chi connectivity index (χ0n) is 15.3.